The van der Waals surface area contributed by atoms with Gasteiger partial charge in [0.1, 0.15) is 5.75 Å². The van der Waals surface area contributed by atoms with E-state index in [0.29, 0.717) is 33.6 Å². The first kappa shape index (κ1) is 20.9. The van der Waals surface area contributed by atoms with Gasteiger partial charge >= 0.3 is 0 Å². The second kappa shape index (κ2) is 7.69. The van der Waals surface area contributed by atoms with Gasteiger partial charge in [0.05, 0.1) is 35.5 Å². The van der Waals surface area contributed by atoms with Crippen LogP contribution in [0.1, 0.15) is 5.69 Å². The third-order valence-electron chi connectivity index (χ3n) is 5.02. The smallest absolute Gasteiger partial charge is 0.268 e. The highest BCUT2D eigenvalue weighted by Crippen LogP contribution is 2.37. The summed E-state index contributed by atoms with van der Waals surface area (Å²) < 4.78 is 60.8. The molecule has 0 aliphatic carbocycles. The zero-order valence-electron chi connectivity index (χ0n) is 16.8. The Hall–Kier alpha value is -3.40. The number of nitrogens with two attached hydrogens (primary N) is 1. The molecule has 0 aliphatic heterocycles. The van der Waals surface area contributed by atoms with E-state index >= 15 is 0 Å². The Balaban J connectivity index is 2.05. The molecule has 10 heteroatoms. The fourth-order valence-corrected chi connectivity index (χ4v) is 5.05. The molecule has 2 aromatic carbocycles. The number of imidazole rings is 1. The van der Waals surface area contributed by atoms with E-state index in [1.165, 1.54) is 30.0 Å². The molecule has 0 fully saturated rings. The summed E-state index contributed by atoms with van der Waals surface area (Å²) in [4.78, 5) is 4.24. The number of fused-ring (bicyclic) bond motifs is 1. The Morgan fingerprint density at radius 1 is 1.16 bits per heavy atom. The lowest BCUT2D eigenvalue weighted by atomic mass is 10.1. The minimum absolute atomic E-state index is 0.0671. The van der Waals surface area contributed by atoms with Gasteiger partial charge < -0.3 is 15.0 Å². The van der Waals surface area contributed by atoms with E-state index in [9.17, 15) is 17.2 Å². The molecular formula is C21H20F2N4O3S. The molecule has 0 amide bonds. The lowest BCUT2D eigenvalue weighted by Crippen LogP contribution is -2.12. The third kappa shape index (κ3) is 3.52. The fourth-order valence-electron chi connectivity index (χ4n) is 3.66. The standard InChI is InChI=1S/C21H20F2N4O3S/c1-13-20(26(12-19(22)23)21(24)25-13)17-11-27(18-9-8-14(30-2)10-16(17)18)31(28,29)15-6-4-3-5-7-15/h3-11,19H,12H2,1-2H3,(H2,24,25). The molecule has 0 saturated heterocycles. The monoisotopic (exact) mass is 446 g/mol. The van der Waals surface area contributed by atoms with Crippen LogP contribution < -0.4 is 10.5 Å². The van der Waals surface area contributed by atoms with Gasteiger partial charge in [-0.15, -0.1) is 0 Å². The third-order valence-corrected chi connectivity index (χ3v) is 6.71. The van der Waals surface area contributed by atoms with Gasteiger partial charge in [-0.1, -0.05) is 18.2 Å². The molecule has 2 aromatic heterocycles. The van der Waals surface area contributed by atoms with Crippen molar-refractivity contribution in [2.75, 3.05) is 12.8 Å². The summed E-state index contributed by atoms with van der Waals surface area (Å²) in [6.07, 6.45) is -1.25. The van der Waals surface area contributed by atoms with Gasteiger partial charge in [0, 0.05) is 17.1 Å². The van der Waals surface area contributed by atoms with Crippen molar-refractivity contribution in [1.82, 2.24) is 13.5 Å². The molecule has 0 atom stereocenters. The van der Waals surface area contributed by atoms with Gasteiger partial charge in [-0.3, -0.25) is 0 Å². The number of nitrogen functional groups attached to an aromatic ring is 1. The molecule has 0 aliphatic rings. The Kier molecular flexibility index (Phi) is 5.18. The number of ether oxygens (including phenoxy) is 1. The van der Waals surface area contributed by atoms with E-state index in [1.54, 1.807) is 43.3 Å². The van der Waals surface area contributed by atoms with E-state index in [2.05, 4.69) is 4.98 Å². The second-order valence-corrected chi connectivity index (χ2v) is 8.76. The summed E-state index contributed by atoms with van der Waals surface area (Å²) in [7, 11) is -2.46. The highest BCUT2D eigenvalue weighted by molar-refractivity contribution is 7.90. The van der Waals surface area contributed by atoms with Crippen LogP contribution in [0.2, 0.25) is 0 Å². The minimum Gasteiger partial charge on any atom is -0.497 e. The average Bonchev–Trinajstić information content (AvgIpc) is 3.25. The number of nitrogens with zero attached hydrogens (tertiary/aromatic N) is 3. The molecule has 2 heterocycles. The molecule has 4 aromatic rings. The summed E-state index contributed by atoms with van der Waals surface area (Å²) in [6.45, 7) is 0.979. The predicted octanol–water partition coefficient (Wildman–Crippen LogP) is 3.91. The van der Waals surface area contributed by atoms with E-state index in [1.807, 2.05) is 0 Å². The van der Waals surface area contributed by atoms with Crippen LogP contribution in [0.4, 0.5) is 14.7 Å². The zero-order chi connectivity index (χ0) is 22.3. The Morgan fingerprint density at radius 2 is 1.87 bits per heavy atom. The molecule has 0 radical (unpaired) electrons. The van der Waals surface area contributed by atoms with Crippen molar-refractivity contribution in [2.45, 2.75) is 24.8 Å². The number of anilines is 1. The van der Waals surface area contributed by atoms with Crippen LogP contribution >= 0.6 is 0 Å². The molecule has 31 heavy (non-hydrogen) atoms. The van der Waals surface area contributed by atoms with Crippen molar-refractivity contribution in [3.05, 3.63) is 60.4 Å². The van der Waals surface area contributed by atoms with Crippen LogP contribution in [0.15, 0.2) is 59.6 Å². The average molecular weight is 446 g/mol. The quantitative estimate of drug-likeness (QED) is 0.485. The van der Waals surface area contributed by atoms with Gasteiger partial charge in [-0.25, -0.2) is 26.2 Å². The first-order chi connectivity index (χ1) is 14.7. The number of hydrogen-bond donors (Lipinski definition) is 1. The molecule has 7 nitrogen and oxygen atoms in total. The molecule has 0 bridgehead atoms. The van der Waals surface area contributed by atoms with Crippen molar-refractivity contribution < 1.29 is 21.9 Å². The number of hydrogen-bond acceptors (Lipinski definition) is 5. The van der Waals surface area contributed by atoms with Crippen molar-refractivity contribution in [1.29, 1.82) is 0 Å². The molecular weight excluding hydrogens is 426 g/mol. The zero-order valence-corrected chi connectivity index (χ0v) is 17.6. The molecule has 0 unspecified atom stereocenters. The summed E-state index contributed by atoms with van der Waals surface area (Å²) in [6, 6.07) is 12.9. The van der Waals surface area contributed by atoms with Crippen LogP contribution in [0.3, 0.4) is 0 Å². The number of aryl methyl sites for hydroxylation is 1. The molecule has 4 rings (SSSR count). The number of alkyl halides is 2. The topological polar surface area (TPSA) is 92.1 Å². The van der Waals surface area contributed by atoms with Crippen molar-refractivity contribution in [2.24, 2.45) is 0 Å². The van der Waals surface area contributed by atoms with Crippen LogP contribution in [-0.2, 0) is 16.6 Å². The molecule has 162 valence electrons. The van der Waals surface area contributed by atoms with Crippen molar-refractivity contribution in [3.8, 4) is 17.0 Å². The number of aromatic nitrogens is 3. The maximum absolute atomic E-state index is 13.4. The van der Waals surface area contributed by atoms with Gasteiger partial charge in [0.2, 0.25) is 5.95 Å². The lowest BCUT2D eigenvalue weighted by Gasteiger charge is -2.09. The molecule has 2 N–H and O–H groups in total. The predicted molar refractivity (Wildman–Crippen MR) is 114 cm³/mol. The Labute approximate surface area is 177 Å². The minimum atomic E-state index is -3.95. The first-order valence-corrected chi connectivity index (χ1v) is 10.8. The van der Waals surface area contributed by atoms with Gasteiger partial charge in [-0.2, -0.15) is 0 Å². The normalized spacial score (nSPS) is 12.0. The largest absolute Gasteiger partial charge is 0.497 e. The van der Waals surface area contributed by atoms with Crippen molar-refractivity contribution in [3.63, 3.8) is 0 Å². The van der Waals surface area contributed by atoms with Gasteiger partial charge in [0.15, 0.2) is 0 Å². The summed E-state index contributed by atoms with van der Waals surface area (Å²) in [5.74, 6) is 0.427. The number of halogens is 2. The summed E-state index contributed by atoms with van der Waals surface area (Å²) in [5.41, 5.74) is 7.42. The molecule has 0 spiro atoms. The van der Waals surface area contributed by atoms with Crippen LogP contribution in [0.5, 0.6) is 5.75 Å². The van der Waals surface area contributed by atoms with Gasteiger partial charge in [0.25, 0.3) is 16.4 Å². The number of benzene rings is 2. The maximum atomic E-state index is 13.4. The van der Waals surface area contributed by atoms with E-state index in [4.69, 9.17) is 10.5 Å². The maximum Gasteiger partial charge on any atom is 0.268 e. The Bertz CT molecular complexity index is 1360. The number of rotatable bonds is 6. The Morgan fingerprint density at radius 3 is 2.52 bits per heavy atom. The fraction of sp³-hybridized carbons (Fsp3) is 0.190. The van der Waals surface area contributed by atoms with E-state index < -0.39 is 23.0 Å². The van der Waals surface area contributed by atoms with Crippen LogP contribution in [0.25, 0.3) is 22.2 Å². The van der Waals surface area contributed by atoms with E-state index in [0.717, 1.165) is 3.97 Å². The lowest BCUT2D eigenvalue weighted by molar-refractivity contribution is 0.128. The van der Waals surface area contributed by atoms with Crippen molar-refractivity contribution >= 4 is 26.9 Å². The van der Waals surface area contributed by atoms with Crippen LogP contribution in [0, 0.1) is 6.92 Å². The number of methoxy groups -OCH3 is 1. The highest BCUT2D eigenvalue weighted by Gasteiger charge is 2.26. The molecule has 0 saturated carbocycles. The second-order valence-electron chi connectivity index (χ2n) is 6.95. The summed E-state index contributed by atoms with van der Waals surface area (Å²) in [5, 5.41) is 0.511. The first-order valence-electron chi connectivity index (χ1n) is 9.35. The highest BCUT2D eigenvalue weighted by atomic mass is 32.2. The summed E-state index contributed by atoms with van der Waals surface area (Å²) >= 11 is 0. The van der Waals surface area contributed by atoms with E-state index in [-0.39, 0.29) is 10.8 Å². The SMILES string of the molecule is COc1ccc2c(c1)c(-c1c(C)nc(N)n1CC(F)F)cn2S(=O)(=O)c1ccccc1. The van der Waals surface area contributed by atoms with Gasteiger partial charge in [-0.05, 0) is 37.3 Å². The van der Waals surface area contributed by atoms with Crippen LogP contribution in [-0.4, -0.2) is 35.5 Å².